The van der Waals surface area contributed by atoms with Crippen LogP contribution in [0.3, 0.4) is 0 Å². The van der Waals surface area contributed by atoms with E-state index in [9.17, 15) is 4.79 Å². The van der Waals surface area contributed by atoms with E-state index in [-0.39, 0.29) is 5.91 Å². The van der Waals surface area contributed by atoms with Crippen molar-refractivity contribution in [1.82, 2.24) is 5.32 Å². The van der Waals surface area contributed by atoms with E-state index in [1.165, 1.54) is 16.9 Å². The Hall–Kier alpha value is -1.61. The number of benzene rings is 1. The second-order valence-corrected chi connectivity index (χ2v) is 6.53. The third kappa shape index (κ3) is 2.78. The third-order valence-electron chi connectivity index (χ3n) is 3.94. The molecule has 3 rings (SSSR count). The Morgan fingerprint density at radius 3 is 2.95 bits per heavy atom. The van der Waals surface area contributed by atoms with Crippen LogP contribution in [0.15, 0.2) is 35.7 Å². The standard InChI is InChI=1S/C17H19NOS/c1-12-7-8-14-15(11-20-16(14)9-12)17(19)18-10-13-5-3-2-4-6-13/h2-6,11-12H,7-10H2,1H3,(H,18,19)/t12-/m1/s1. The van der Waals surface area contributed by atoms with Crippen LogP contribution in [-0.2, 0) is 19.4 Å². The van der Waals surface area contributed by atoms with Gasteiger partial charge in [0, 0.05) is 16.8 Å². The topological polar surface area (TPSA) is 29.1 Å². The maximum absolute atomic E-state index is 12.3. The zero-order valence-corrected chi connectivity index (χ0v) is 12.5. The summed E-state index contributed by atoms with van der Waals surface area (Å²) >= 11 is 1.74. The molecule has 1 aliphatic rings. The highest BCUT2D eigenvalue weighted by molar-refractivity contribution is 7.10. The fourth-order valence-corrected chi connectivity index (χ4v) is 3.99. The van der Waals surface area contributed by atoms with Crippen molar-refractivity contribution >= 4 is 17.2 Å². The minimum atomic E-state index is 0.0703. The first kappa shape index (κ1) is 13.4. The molecular weight excluding hydrogens is 266 g/mol. The summed E-state index contributed by atoms with van der Waals surface area (Å²) in [5.41, 5.74) is 3.32. The molecule has 2 nitrogen and oxygen atoms in total. The maximum Gasteiger partial charge on any atom is 0.252 e. The molecule has 0 saturated heterocycles. The van der Waals surface area contributed by atoms with Crippen molar-refractivity contribution in [3.8, 4) is 0 Å². The molecule has 0 bridgehead atoms. The first-order chi connectivity index (χ1) is 9.74. The van der Waals surface area contributed by atoms with Gasteiger partial charge in [-0.2, -0.15) is 0 Å². The number of carbonyl (C=O) groups excluding carboxylic acids is 1. The summed E-state index contributed by atoms with van der Waals surface area (Å²) in [4.78, 5) is 13.7. The molecule has 20 heavy (non-hydrogen) atoms. The molecule has 1 heterocycles. The van der Waals surface area contributed by atoms with Gasteiger partial charge in [-0.25, -0.2) is 0 Å². The lowest BCUT2D eigenvalue weighted by Crippen LogP contribution is -2.24. The van der Waals surface area contributed by atoms with E-state index in [0.29, 0.717) is 6.54 Å². The fraction of sp³-hybridized carbons (Fsp3) is 0.353. The lowest BCUT2D eigenvalue weighted by Gasteiger charge is -2.18. The van der Waals surface area contributed by atoms with Crippen LogP contribution in [0.1, 0.15) is 39.7 Å². The van der Waals surface area contributed by atoms with E-state index in [4.69, 9.17) is 0 Å². The van der Waals surface area contributed by atoms with Crippen molar-refractivity contribution in [3.05, 3.63) is 57.3 Å². The Labute approximate surface area is 123 Å². The van der Waals surface area contributed by atoms with Gasteiger partial charge in [0.15, 0.2) is 0 Å². The van der Waals surface area contributed by atoms with E-state index in [0.717, 1.165) is 29.9 Å². The normalized spacial score (nSPS) is 17.6. The van der Waals surface area contributed by atoms with Crippen molar-refractivity contribution in [2.45, 2.75) is 32.7 Å². The van der Waals surface area contributed by atoms with E-state index in [1.807, 2.05) is 35.7 Å². The zero-order valence-electron chi connectivity index (χ0n) is 11.7. The number of hydrogen-bond acceptors (Lipinski definition) is 2. The average Bonchev–Trinajstić information content (AvgIpc) is 2.89. The van der Waals surface area contributed by atoms with Crippen molar-refractivity contribution in [1.29, 1.82) is 0 Å². The second-order valence-electron chi connectivity index (χ2n) is 5.57. The second kappa shape index (κ2) is 5.80. The minimum absolute atomic E-state index is 0.0703. The van der Waals surface area contributed by atoms with Gasteiger partial charge < -0.3 is 5.32 Å². The molecule has 1 aromatic heterocycles. The average molecular weight is 285 g/mol. The fourth-order valence-electron chi connectivity index (χ4n) is 2.74. The lowest BCUT2D eigenvalue weighted by atomic mass is 9.88. The highest BCUT2D eigenvalue weighted by Crippen LogP contribution is 2.32. The van der Waals surface area contributed by atoms with Crippen LogP contribution in [0.25, 0.3) is 0 Å². The predicted molar refractivity (Wildman–Crippen MR) is 83.1 cm³/mol. The maximum atomic E-state index is 12.3. The Balaban J connectivity index is 1.69. The highest BCUT2D eigenvalue weighted by Gasteiger charge is 2.22. The molecule has 0 spiro atoms. The first-order valence-corrected chi connectivity index (χ1v) is 8.03. The molecule has 0 fully saturated rings. The molecule has 1 N–H and O–H groups in total. The van der Waals surface area contributed by atoms with Gasteiger partial charge in [-0.1, -0.05) is 37.3 Å². The SMILES string of the molecule is C[C@@H]1CCc2c(C(=O)NCc3ccccc3)csc2C1. The lowest BCUT2D eigenvalue weighted by molar-refractivity contribution is 0.0950. The van der Waals surface area contributed by atoms with Gasteiger partial charge >= 0.3 is 0 Å². The van der Waals surface area contributed by atoms with Crippen LogP contribution in [0.4, 0.5) is 0 Å². The number of carbonyl (C=O) groups is 1. The predicted octanol–water partition coefficient (Wildman–Crippen LogP) is 3.80. The van der Waals surface area contributed by atoms with Crippen molar-refractivity contribution < 1.29 is 4.79 Å². The Morgan fingerprint density at radius 2 is 2.15 bits per heavy atom. The first-order valence-electron chi connectivity index (χ1n) is 7.15. The summed E-state index contributed by atoms with van der Waals surface area (Å²) in [7, 11) is 0. The van der Waals surface area contributed by atoms with Crippen LogP contribution >= 0.6 is 11.3 Å². The number of hydrogen-bond donors (Lipinski definition) is 1. The van der Waals surface area contributed by atoms with Crippen LogP contribution in [-0.4, -0.2) is 5.91 Å². The van der Waals surface area contributed by atoms with Gasteiger partial charge in [0.2, 0.25) is 0 Å². The third-order valence-corrected chi connectivity index (χ3v) is 4.99. The van der Waals surface area contributed by atoms with E-state index in [2.05, 4.69) is 12.2 Å². The van der Waals surface area contributed by atoms with Crippen molar-refractivity contribution in [2.75, 3.05) is 0 Å². The molecule has 2 aromatic rings. The van der Waals surface area contributed by atoms with Gasteiger partial charge in [0.05, 0.1) is 5.56 Å². The van der Waals surface area contributed by atoms with Crippen molar-refractivity contribution in [2.24, 2.45) is 5.92 Å². The summed E-state index contributed by atoms with van der Waals surface area (Å²) in [5.74, 6) is 0.822. The molecule has 0 aliphatic heterocycles. The van der Waals surface area contributed by atoms with Gasteiger partial charge in [-0.15, -0.1) is 11.3 Å². The zero-order chi connectivity index (χ0) is 13.9. The quantitative estimate of drug-likeness (QED) is 0.913. The summed E-state index contributed by atoms with van der Waals surface area (Å²) in [6, 6.07) is 10.0. The van der Waals surface area contributed by atoms with E-state index in [1.54, 1.807) is 11.3 Å². The molecule has 1 amide bonds. The molecule has 0 saturated carbocycles. The summed E-state index contributed by atoms with van der Waals surface area (Å²) in [6.45, 7) is 2.89. The number of thiophene rings is 1. The largest absolute Gasteiger partial charge is 0.348 e. The van der Waals surface area contributed by atoms with Crippen molar-refractivity contribution in [3.63, 3.8) is 0 Å². The summed E-state index contributed by atoms with van der Waals surface area (Å²) in [5, 5.41) is 5.06. The number of fused-ring (bicyclic) bond motifs is 1. The molecular formula is C17H19NOS. The smallest absolute Gasteiger partial charge is 0.252 e. The summed E-state index contributed by atoms with van der Waals surface area (Å²) < 4.78 is 0. The number of nitrogens with one attached hydrogen (secondary N) is 1. The van der Waals surface area contributed by atoms with Crippen LogP contribution in [0, 0.1) is 5.92 Å². The molecule has 0 radical (unpaired) electrons. The van der Waals surface area contributed by atoms with Crippen LogP contribution in [0.5, 0.6) is 0 Å². The van der Waals surface area contributed by atoms with E-state index < -0.39 is 0 Å². The van der Waals surface area contributed by atoms with E-state index >= 15 is 0 Å². The van der Waals surface area contributed by atoms with Gasteiger partial charge in [-0.05, 0) is 36.3 Å². The van der Waals surface area contributed by atoms with Gasteiger partial charge in [0.1, 0.15) is 0 Å². The highest BCUT2D eigenvalue weighted by atomic mass is 32.1. The van der Waals surface area contributed by atoms with Gasteiger partial charge in [0.25, 0.3) is 5.91 Å². The Bertz CT molecular complexity index is 603. The molecule has 0 unspecified atom stereocenters. The molecule has 3 heteroatoms. The molecule has 104 valence electrons. The van der Waals surface area contributed by atoms with Crippen LogP contribution in [0.2, 0.25) is 0 Å². The Kier molecular flexibility index (Phi) is 3.88. The Morgan fingerprint density at radius 1 is 1.35 bits per heavy atom. The summed E-state index contributed by atoms with van der Waals surface area (Å²) in [6.07, 6.45) is 3.38. The minimum Gasteiger partial charge on any atom is -0.348 e. The molecule has 1 atom stereocenters. The van der Waals surface area contributed by atoms with Crippen LogP contribution < -0.4 is 5.32 Å². The monoisotopic (exact) mass is 285 g/mol. The van der Waals surface area contributed by atoms with Gasteiger partial charge in [-0.3, -0.25) is 4.79 Å². The molecule has 1 aliphatic carbocycles. The number of rotatable bonds is 3. The number of amides is 1. The molecule has 1 aromatic carbocycles.